The van der Waals surface area contributed by atoms with Gasteiger partial charge in [0.05, 0.1) is 62.9 Å². The molecule has 0 spiro atoms. The molecule has 0 aliphatic carbocycles. The monoisotopic (exact) mass is 648 g/mol. The van der Waals surface area contributed by atoms with E-state index in [-0.39, 0.29) is 35.2 Å². The molecule has 8 heterocycles. The number of ether oxygens (including phenoxy) is 4. The van der Waals surface area contributed by atoms with Crippen LogP contribution >= 0.6 is 0 Å². The molecule has 0 bridgehead atoms. The van der Waals surface area contributed by atoms with Crippen LogP contribution in [0.5, 0.6) is 0 Å². The van der Waals surface area contributed by atoms with E-state index in [0.717, 1.165) is 61.8 Å². The second kappa shape index (κ2) is 13.6. The fourth-order valence-corrected chi connectivity index (χ4v) is 6.70. The number of rotatable bonds is 6. The van der Waals surface area contributed by atoms with Crippen molar-refractivity contribution in [3.05, 3.63) is 68.6 Å². The Morgan fingerprint density at radius 1 is 0.766 bits per heavy atom. The molecule has 3 N–H and O–H groups in total. The highest BCUT2D eigenvalue weighted by Crippen LogP contribution is 2.27. The molecule has 4 aliphatic heterocycles. The van der Waals surface area contributed by atoms with Crippen molar-refractivity contribution in [1.82, 2.24) is 49.4 Å². The van der Waals surface area contributed by atoms with Crippen LogP contribution < -0.4 is 16.4 Å². The summed E-state index contributed by atoms with van der Waals surface area (Å²) in [7, 11) is 5.41. The summed E-state index contributed by atoms with van der Waals surface area (Å²) in [6.45, 7) is 5.56. The van der Waals surface area contributed by atoms with Crippen molar-refractivity contribution >= 4 is 22.2 Å². The maximum absolute atomic E-state index is 12.5. The van der Waals surface area contributed by atoms with Crippen LogP contribution in [0.2, 0.25) is 0 Å². The van der Waals surface area contributed by atoms with E-state index in [1.807, 2.05) is 19.2 Å². The van der Waals surface area contributed by atoms with E-state index in [4.69, 9.17) is 24.0 Å². The number of imidazole rings is 2. The molecule has 2 fully saturated rings. The van der Waals surface area contributed by atoms with Crippen LogP contribution in [0.25, 0.3) is 22.2 Å². The first-order valence-electron chi connectivity index (χ1n) is 15.9. The summed E-state index contributed by atoms with van der Waals surface area (Å²) in [6, 6.07) is 0. The van der Waals surface area contributed by atoms with Gasteiger partial charge in [0.2, 0.25) is 0 Å². The number of nitrogens with zero attached hydrogens (tertiary/aromatic N) is 7. The smallest absolute Gasteiger partial charge is 0.276 e. The van der Waals surface area contributed by atoms with Gasteiger partial charge in [-0.25, -0.2) is 19.0 Å². The lowest BCUT2D eigenvalue weighted by atomic mass is 10.1. The highest BCUT2D eigenvalue weighted by Gasteiger charge is 2.35. The Morgan fingerprint density at radius 2 is 1.32 bits per heavy atom. The second-order valence-corrected chi connectivity index (χ2v) is 12.2. The summed E-state index contributed by atoms with van der Waals surface area (Å²) in [5, 5.41) is 12.6. The Hall–Kier alpha value is -4.06. The van der Waals surface area contributed by atoms with Crippen molar-refractivity contribution in [2.75, 3.05) is 73.9 Å². The molecule has 4 aliphatic rings. The van der Waals surface area contributed by atoms with Crippen LogP contribution in [0, 0.1) is 0 Å². The molecule has 0 saturated carbocycles. The molecule has 4 atom stereocenters. The maximum atomic E-state index is 12.5. The van der Waals surface area contributed by atoms with Crippen LogP contribution in [-0.4, -0.2) is 130 Å². The first-order valence-corrected chi connectivity index (χ1v) is 15.9. The summed E-state index contributed by atoms with van der Waals surface area (Å²) in [6.07, 6.45) is 8.72. The molecule has 4 aromatic heterocycles. The van der Waals surface area contributed by atoms with Gasteiger partial charge in [-0.05, 0) is 31.0 Å². The van der Waals surface area contributed by atoms with Gasteiger partial charge in [-0.3, -0.25) is 9.59 Å². The van der Waals surface area contributed by atoms with Gasteiger partial charge in [0, 0.05) is 40.4 Å². The number of hydrogen-bond acceptors (Lipinski definition) is 12. The highest BCUT2D eigenvalue weighted by atomic mass is 16.5. The number of fused-ring (bicyclic) bond motifs is 2. The summed E-state index contributed by atoms with van der Waals surface area (Å²) in [5.41, 5.74) is 2.70. The van der Waals surface area contributed by atoms with Gasteiger partial charge in [-0.15, -0.1) is 0 Å². The van der Waals surface area contributed by atoms with Gasteiger partial charge in [0.15, 0.2) is 22.7 Å². The Kier molecular flexibility index (Phi) is 9.11. The first kappa shape index (κ1) is 31.5. The van der Waals surface area contributed by atoms with Gasteiger partial charge in [-0.1, -0.05) is 12.2 Å². The van der Waals surface area contributed by atoms with E-state index in [1.54, 1.807) is 35.6 Å². The number of aromatic amines is 2. The van der Waals surface area contributed by atoms with Crippen molar-refractivity contribution in [3.8, 4) is 0 Å². The third kappa shape index (κ3) is 6.19. The average Bonchev–Trinajstić information content (AvgIpc) is 3.91. The lowest BCUT2D eigenvalue weighted by molar-refractivity contribution is 0.0971. The lowest BCUT2D eigenvalue weighted by Gasteiger charge is -2.16. The van der Waals surface area contributed by atoms with Crippen LogP contribution in [0.4, 0.5) is 0 Å². The Balaban J connectivity index is 0.000000150. The van der Waals surface area contributed by atoms with E-state index < -0.39 is 0 Å². The molecular formula is C31H40N10O6. The zero-order chi connectivity index (χ0) is 32.5. The summed E-state index contributed by atoms with van der Waals surface area (Å²) >= 11 is 0. The Labute approximate surface area is 269 Å². The molecule has 47 heavy (non-hydrogen) atoms. The fraction of sp³-hybridized carbons (Fsp3) is 0.548. The molecule has 0 aromatic carbocycles. The molecule has 8 rings (SSSR count). The number of H-pyrrole nitrogens is 2. The molecule has 16 heteroatoms. The number of likely N-dealkylation sites (tertiary alicyclic amines) is 1. The third-order valence-corrected chi connectivity index (χ3v) is 9.26. The van der Waals surface area contributed by atoms with Gasteiger partial charge >= 0.3 is 0 Å². The third-order valence-electron chi connectivity index (χ3n) is 9.26. The number of nitrogens with one attached hydrogen (secondary N) is 3. The minimum absolute atomic E-state index is 0.00451. The predicted molar refractivity (Wildman–Crippen MR) is 171 cm³/mol. The lowest BCUT2D eigenvalue weighted by Crippen LogP contribution is -2.26. The fourth-order valence-electron chi connectivity index (χ4n) is 6.70. The van der Waals surface area contributed by atoms with Crippen molar-refractivity contribution in [2.45, 2.75) is 36.9 Å². The summed E-state index contributed by atoms with van der Waals surface area (Å²) in [4.78, 5) is 41.6. The molecule has 250 valence electrons. The largest absolute Gasteiger partial charge is 0.379 e. The second-order valence-electron chi connectivity index (χ2n) is 12.2. The van der Waals surface area contributed by atoms with Gasteiger partial charge in [0.1, 0.15) is 11.6 Å². The average molecular weight is 649 g/mol. The van der Waals surface area contributed by atoms with Crippen LogP contribution in [-0.2, 0) is 18.9 Å². The molecule has 16 nitrogen and oxygen atoms in total. The molecule has 2 saturated heterocycles. The minimum atomic E-state index is -0.178. The zero-order valence-electron chi connectivity index (χ0n) is 26.8. The minimum Gasteiger partial charge on any atom is -0.379 e. The van der Waals surface area contributed by atoms with E-state index in [1.165, 1.54) is 0 Å². The van der Waals surface area contributed by atoms with Gasteiger partial charge in [-0.2, -0.15) is 10.2 Å². The van der Waals surface area contributed by atoms with Crippen LogP contribution in [0.15, 0.2) is 34.1 Å². The SMILES string of the molecule is COC1CN(C)CC1c1nn2c(C3=CCOCC3)ncc2c(=O)[nH]1.COC1CNCC1c1nn2c(C3=CCOCC3)ncc2c(=O)[nH]1. The van der Waals surface area contributed by atoms with Crippen molar-refractivity contribution in [3.63, 3.8) is 0 Å². The van der Waals surface area contributed by atoms with Crippen LogP contribution in [0.3, 0.4) is 0 Å². The van der Waals surface area contributed by atoms with Crippen molar-refractivity contribution in [1.29, 1.82) is 0 Å². The maximum Gasteiger partial charge on any atom is 0.276 e. The Morgan fingerprint density at radius 3 is 1.83 bits per heavy atom. The van der Waals surface area contributed by atoms with E-state index in [2.05, 4.69) is 35.3 Å². The standard InChI is InChI=1S/C16H21N5O3.C15H19N5O3/c1-20-8-11(13(9-20)23-2)14-18-16(22)12-7-17-15(21(12)19-14)10-3-5-24-6-4-10;1-22-12-8-16-6-10(12)13-18-15(21)11-7-17-14(20(11)19-13)9-2-4-23-5-3-9/h3,7,11,13H,4-6,8-9H2,1-2H3,(H,18,19,22);2,7,10,12,16H,3-6,8H2,1H3,(H,18,19,21). The number of methoxy groups -OCH3 is 2. The summed E-state index contributed by atoms with van der Waals surface area (Å²) < 4.78 is 25.1. The summed E-state index contributed by atoms with van der Waals surface area (Å²) in [5.74, 6) is 2.78. The number of aromatic nitrogens is 8. The zero-order valence-corrected chi connectivity index (χ0v) is 26.8. The molecule has 0 amide bonds. The predicted octanol–water partition coefficient (Wildman–Crippen LogP) is 0.188. The van der Waals surface area contributed by atoms with Gasteiger partial charge in [0.25, 0.3) is 11.1 Å². The molecule has 0 radical (unpaired) electrons. The number of likely N-dealkylation sites (N-methyl/N-ethyl adjacent to an activating group) is 1. The van der Waals surface area contributed by atoms with Crippen molar-refractivity contribution < 1.29 is 18.9 Å². The van der Waals surface area contributed by atoms with E-state index in [9.17, 15) is 9.59 Å². The molecule has 4 aromatic rings. The molecular weight excluding hydrogens is 608 g/mol. The topological polar surface area (TPSA) is 178 Å². The first-order chi connectivity index (χ1) is 22.9. The van der Waals surface area contributed by atoms with Crippen molar-refractivity contribution in [2.24, 2.45) is 0 Å². The number of hydrogen-bond donors (Lipinski definition) is 3. The Bertz CT molecular complexity index is 1920. The van der Waals surface area contributed by atoms with Crippen LogP contribution in [0.1, 0.15) is 48.0 Å². The quantitative estimate of drug-likeness (QED) is 0.259. The molecule has 4 unspecified atom stereocenters. The normalized spacial score (nSPS) is 25.2. The van der Waals surface area contributed by atoms with E-state index >= 15 is 0 Å². The highest BCUT2D eigenvalue weighted by molar-refractivity contribution is 5.65. The van der Waals surface area contributed by atoms with Gasteiger partial charge < -0.3 is 39.1 Å². The van der Waals surface area contributed by atoms with E-state index in [0.29, 0.717) is 49.1 Å².